The maximum absolute atomic E-state index is 12.9. The van der Waals surface area contributed by atoms with Crippen LogP contribution < -0.4 is 11.0 Å². The number of nitrogens with zero attached hydrogens (tertiary/aromatic N) is 4. The van der Waals surface area contributed by atoms with E-state index in [0.29, 0.717) is 21.6 Å². The van der Waals surface area contributed by atoms with Gasteiger partial charge in [0.05, 0.1) is 23.0 Å². The Morgan fingerprint density at radius 2 is 1.87 bits per heavy atom. The van der Waals surface area contributed by atoms with Gasteiger partial charge in [0, 0.05) is 11.1 Å². The van der Waals surface area contributed by atoms with Crippen LogP contribution in [0.5, 0.6) is 0 Å². The number of hydrogen-bond donors (Lipinski definition) is 1. The van der Waals surface area contributed by atoms with Crippen LogP contribution >= 0.6 is 11.3 Å². The fourth-order valence-electron chi connectivity index (χ4n) is 3.43. The van der Waals surface area contributed by atoms with Crippen LogP contribution in [0.1, 0.15) is 16.2 Å². The lowest BCUT2D eigenvalue weighted by Gasteiger charge is -2.12. The smallest absolute Gasteiger partial charge is 0.267 e. The monoisotopic (exact) mass is 427 g/mol. The Kier molecular flexibility index (Phi) is 4.68. The topological polar surface area (TPSA) is 81.8 Å². The first kappa shape index (κ1) is 19.0. The average Bonchev–Trinajstić information content (AvgIpc) is 3.47. The second-order valence-corrected chi connectivity index (χ2v) is 7.82. The van der Waals surface area contributed by atoms with Crippen LogP contribution in [-0.4, -0.2) is 25.3 Å². The Labute approximate surface area is 181 Å². The Morgan fingerprint density at radius 1 is 1.03 bits per heavy atom. The molecule has 1 amide bonds. The van der Waals surface area contributed by atoms with Crippen molar-refractivity contribution in [1.82, 2.24) is 19.4 Å². The molecule has 0 aliphatic heterocycles. The van der Waals surface area contributed by atoms with Crippen LogP contribution in [0.3, 0.4) is 0 Å². The largest absolute Gasteiger partial charge is 0.281 e. The number of fused-ring (bicyclic) bond motifs is 1. The van der Waals surface area contributed by atoms with Gasteiger partial charge in [0.15, 0.2) is 0 Å². The van der Waals surface area contributed by atoms with E-state index in [1.165, 1.54) is 16.0 Å². The molecule has 0 unspecified atom stereocenters. The van der Waals surface area contributed by atoms with Crippen LogP contribution in [0.4, 0.5) is 0 Å². The maximum Gasteiger partial charge on any atom is 0.281 e. The molecule has 3 aromatic heterocycles. The first-order valence-corrected chi connectivity index (χ1v) is 10.5. The van der Waals surface area contributed by atoms with Crippen molar-refractivity contribution in [3.05, 3.63) is 100 Å². The molecule has 0 saturated carbocycles. The third-order valence-corrected chi connectivity index (χ3v) is 5.75. The third kappa shape index (κ3) is 3.43. The minimum Gasteiger partial charge on any atom is -0.267 e. The van der Waals surface area contributed by atoms with E-state index in [9.17, 15) is 9.59 Å². The molecular weight excluding hydrogens is 410 g/mol. The van der Waals surface area contributed by atoms with Crippen molar-refractivity contribution in [3.8, 4) is 16.9 Å². The number of hydrogen-bond acceptors (Lipinski definition) is 5. The van der Waals surface area contributed by atoms with Gasteiger partial charge in [-0.05, 0) is 42.6 Å². The van der Waals surface area contributed by atoms with Crippen LogP contribution in [0.15, 0.2) is 83.1 Å². The summed E-state index contributed by atoms with van der Waals surface area (Å²) in [5.74, 6) is 0.0136. The number of carbonyl (C=O) groups is 1. The van der Waals surface area contributed by atoms with Crippen molar-refractivity contribution in [2.24, 2.45) is 0 Å². The van der Waals surface area contributed by atoms with E-state index in [-0.39, 0.29) is 5.56 Å². The highest BCUT2D eigenvalue weighted by Crippen LogP contribution is 2.22. The summed E-state index contributed by atoms with van der Waals surface area (Å²) < 4.78 is 2.97. The number of aryl methyl sites for hydroxylation is 1. The summed E-state index contributed by atoms with van der Waals surface area (Å²) in [5, 5.41) is 6.71. The molecule has 0 radical (unpaired) electrons. The lowest BCUT2D eigenvalue weighted by Crippen LogP contribution is -2.35. The van der Waals surface area contributed by atoms with Gasteiger partial charge in [-0.15, -0.1) is 11.3 Å². The zero-order valence-corrected chi connectivity index (χ0v) is 17.3. The van der Waals surface area contributed by atoms with E-state index in [0.717, 1.165) is 16.9 Å². The number of carbonyl (C=O) groups excluding carboxylic acids is 1. The minimum absolute atomic E-state index is 0.299. The fourth-order valence-corrected chi connectivity index (χ4v) is 4.23. The zero-order chi connectivity index (χ0) is 21.4. The van der Waals surface area contributed by atoms with Crippen LogP contribution in [0, 0.1) is 6.92 Å². The molecule has 0 aliphatic rings. The van der Waals surface area contributed by atoms with E-state index in [1.807, 2.05) is 47.8 Å². The number of benzene rings is 2. The van der Waals surface area contributed by atoms with E-state index in [4.69, 9.17) is 0 Å². The van der Waals surface area contributed by atoms with Crippen molar-refractivity contribution in [2.45, 2.75) is 6.92 Å². The summed E-state index contributed by atoms with van der Waals surface area (Å²) in [6.45, 7) is 1.69. The van der Waals surface area contributed by atoms with Crippen molar-refractivity contribution >= 4 is 27.5 Å². The highest BCUT2D eigenvalue weighted by Gasteiger charge is 2.14. The summed E-state index contributed by atoms with van der Waals surface area (Å²) in [4.78, 5) is 30.7. The predicted octanol–water partition coefficient (Wildman–Crippen LogP) is 4.00. The summed E-state index contributed by atoms with van der Waals surface area (Å²) in [6, 6.07) is 20.6. The molecular formula is C23H17N5O2S. The Morgan fingerprint density at radius 3 is 2.71 bits per heavy atom. The second-order valence-electron chi connectivity index (χ2n) is 6.92. The van der Waals surface area contributed by atoms with E-state index in [2.05, 4.69) is 15.5 Å². The van der Waals surface area contributed by atoms with Gasteiger partial charge in [-0.25, -0.2) is 14.3 Å². The van der Waals surface area contributed by atoms with Gasteiger partial charge < -0.3 is 0 Å². The standard InChI is InChI=1S/C23H17N5O2S/c1-15-25-22-19(11-13-31-22)23(30)27(15)26-21(29)17-8-5-9-18(14-17)28-20(10-12-24-28)16-6-3-2-4-7-16/h2-14H,1H3,(H,26,29). The molecule has 0 bridgehead atoms. The van der Waals surface area contributed by atoms with Gasteiger partial charge in [-0.1, -0.05) is 36.4 Å². The molecule has 0 fully saturated rings. The number of aromatic nitrogens is 4. The molecule has 5 aromatic rings. The molecule has 152 valence electrons. The molecule has 5 rings (SSSR count). The van der Waals surface area contributed by atoms with Crippen molar-refractivity contribution in [1.29, 1.82) is 0 Å². The molecule has 31 heavy (non-hydrogen) atoms. The average molecular weight is 427 g/mol. The maximum atomic E-state index is 12.9. The molecule has 7 nitrogen and oxygen atoms in total. The molecule has 2 aromatic carbocycles. The lowest BCUT2D eigenvalue weighted by atomic mass is 10.1. The predicted molar refractivity (Wildman–Crippen MR) is 121 cm³/mol. The highest BCUT2D eigenvalue weighted by molar-refractivity contribution is 7.16. The molecule has 3 heterocycles. The van der Waals surface area contributed by atoms with Gasteiger partial charge in [-0.3, -0.25) is 15.0 Å². The van der Waals surface area contributed by atoms with Gasteiger partial charge in [-0.2, -0.15) is 5.10 Å². The first-order valence-electron chi connectivity index (χ1n) is 9.60. The molecule has 0 saturated heterocycles. The first-order chi connectivity index (χ1) is 15.1. The molecule has 1 N–H and O–H groups in total. The number of rotatable bonds is 4. The van der Waals surface area contributed by atoms with E-state index >= 15 is 0 Å². The summed E-state index contributed by atoms with van der Waals surface area (Å²) in [7, 11) is 0. The van der Waals surface area contributed by atoms with Gasteiger partial charge in [0.2, 0.25) is 0 Å². The molecule has 0 aliphatic carbocycles. The second kappa shape index (κ2) is 7.66. The van der Waals surface area contributed by atoms with Gasteiger partial charge in [0.1, 0.15) is 10.7 Å². The summed E-state index contributed by atoms with van der Waals surface area (Å²) >= 11 is 1.39. The van der Waals surface area contributed by atoms with E-state index in [1.54, 1.807) is 42.1 Å². The highest BCUT2D eigenvalue weighted by atomic mass is 32.1. The Hall–Kier alpha value is -4.04. The molecule has 8 heteroatoms. The van der Waals surface area contributed by atoms with Crippen LogP contribution in [0.25, 0.3) is 27.2 Å². The number of thiophene rings is 1. The normalized spacial score (nSPS) is 11.0. The van der Waals surface area contributed by atoms with Gasteiger partial charge in [0.25, 0.3) is 11.5 Å². The van der Waals surface area contributed by atoms with Crippen LogP contribution in [-0.2, 0) is 0 Å². The number of nitrogens with one attached hydrogen (secondary N) is 1. The van der Waals surface area contributed by atoms with Gasteiger partial charge >= 0.3 is 0 Å². The quantitative estimate of drug-likeness (QED) is 0.470. The Bertz CT molecular complexity index is 1470. The van der Waals surface area contributed by atoms with E-state index < -0.39 is 5.91 Å². The van der Waals surface area contributed by atoms with Crippen LogP contribution in [0.2, 0.25) is 0 Å². The third-order valence-electron chi connectivity index (χ3n) is 4.94. The molecule has 0 atom stereocenters. The zero-order valence-electron chi connectivity index (χ0n) is 16.5. The number of amides is 1. The van der Waals surface area contributed by atoms with Crippen molar-refractivity contribution < 1.29 is 4.79 Å². The SMILES string of the molecule is Cc1nc2sccc2c(=O)n1NC(=O)c1cccc(-n2nccc2-c2ccccc2)c1. The molecule has 0 spiro atoms. The minimum atomic E-state index is -0.406. The summed E-state index contributed by atoms with van der Waals surface area (Å²) in [5.41, 5.74) is 5.46. The Balaban J connectivity index is 1.49. The summed E-state index contributed by atoms with van der Waals surface area (Å²) in [6.07, 6.45) is 1.72. The fraction of sp³-hybridized carbons (Fsp3) is 0.0435. The lowest BCUT2D eigenvalue weighted by molar-refractivity contribution is 0.101. The van der Waals surface area contributed by atoms with Crippen molar-refractivity contribution in [2.75, 3.05) is 5.43 Å². The van der Waals surface area contributed by atoms with Crippen molar-refractivity contribution in [3.63, 3.8) is 0 Å².